The molecule has 142 valence electrons. The van der Waals surface area contributed by atoms with Crippen LogP contribution in [0.25, 0.3) is 0 Å². The van der Waals surface area contributed by atoms with Crippen LogP contribution in [0.5, 0.6) is 5.75 Å². The molecule has 0 bridgehead atoms. The number of hydrogen-bond acceptors (Lipinski definition) is 5. The summed E-state index contributed by atoms with van der Waals surface area (Å²) in [6.07, 6.45) is 3.13. The minimum absolute atomic E-state index is 0.117. The zero-order valence-corrected chi connectivity index (χ0v) is 15.7. The number of likely N-dealkylation sites (tertiary alicyclic amines) is 1. The van der Waals surface area contributed by atoms with Crippen molar-refractivity contribution in [2.75, 3.05) is 30.8 Å². The molecule has 8 heteroatoms. The number of anilines is 2. The van der Waals surface area contributed by atoms with Gasteiger partial charge in [0.15, 0.2) is 5.15 Å². The van der Waals surface area contributed by atoms with Crippen LogP contribution in [0.2, 0.25) is 5.15 Å². The number of nitrogens with zero attached hydrogens (tertiary/aromatic N) is 2. The second-order valence-corrected chi connectivity index (χ2v) is 6.59. The van der Waals surface area contributed by atoms with Crippen molar-refractivity contribution < 1.29 is 14.3 Å². The molecular formula is C19H21ClN4O3. The third-order valence-electron chi connectivity index (χ3n) is 4.40. The van der Waals surface area contributed by atoms with Crippen LogP contribution >= 0.6 is 11.6 Å². The number of benzene rings is 1. The van der Waals surface area contributed by atoms with E-state index in [1.54, 1.807) is 49.7 Å². The van der Waals surface area contributed by atoms with Gasteiger partial charge in [-0.2, -0.15) is 0 Å². The Labute approximate surface area is 162 Å². The van der Waals surface area contributed by atoms with Crippen LogP contribution in [0, 0.1) is 0 Å². The molecule has 1 aliphatic heterocycles. The summed E-state index contributed by atoms with van der Waals surface area (Å²) in [6, 6.07) is 10.2. The first kappa shape index (κ1) is 19.1. The van der Waals surface area contributed by atoms with Gasteiger partial charge in [0.2, 0.25) is 11.8 Å². The standard InChI is InChI=1S/C19H21ClN4O3/c1-27-14-8-6-13(7-9-14)22-19(26)16-5-3-11-24(16)12-17(25)23-15-4-2-10-21-18(15)20/h2,4,6-10,16H,3,5,11-12H2,1H3,(H,22,26)(H,23,25). The van der Waals surface area contributed by atoms with Gasteiger partial charge in [0.05, 0.1) is 25.4 Å². The van der Waals surface area contributed by atoms with Gasteiger partial charge in [-0.3, -0.25) is 14.5 Å². The summed E-state index contributed by atoms with van der Waals surface area (Å²) in [5.41, 5.74) is 1.15. The van der Waals surface area contributed by atoms with E-state index in [-0.39, 0.29) is 29.6 Å². The van der Waals surface area contributed by atoms with E-state index in [1.165, 1.54) is 0 Å². The van der Waals surface area contributed by atoms with Crippen molar-refractivity contribution in [3.8, 4) is 5.75 Å². The van der Waals surface area contributed by atoms with Crippen molar-refractivity contribution in [2.45, 2.75) is 18.9 Å². The van der Waals surface area contributed by atoms with Gasteiger partial charge in [-0.05, 0) is 55.8 Å². The molecule has 27 heavy (non-hydrogen) atoms. The zero-order valence-electron chi connectivity index (χ0n) is 14.9. The van der Waals surface area contributed by atoms with Crippen LogP contribution in [-0.2, 0) is 9.59 Å². The van der Waals surface area contributed by atoms with E-state index in [0.29, 0.717) is 24.3 Å². The fraction of sp³-hybridized carbons (Fsp3) is 0.316. The Morgan fingerprint density at radius 2 is 2.04 bits per heavy atom. The highest BCUT2D eigenvalue weighted by molar-refractivity contribution is 6.32. The first-order chi connectivity index (χ1) is 13.1. The molecule has 1 aliphatic rings. The van der Waals surface area contributed by atoms with E-state index >= 15 is 0 Å². The van der Waals surface area contributed by atoms with Gasteiger partial charge in [-0.25, -0.2) is 4.98 Å². The van der Waals surface area contributed by atoms with Crippen LogP contribution in [0.15, 0.2) is 42.6 Å². The molecule has 1 aromatic heterocycles. The quantitative estimate of drug-likeness (QED) is 0.743. The minimum atomic E-state index is -0.345. The summed E-state index contributed by atoms with van der Waals surface area (Å²) in [4.78, 5) is 30.8. The third kappa shape index (κ3) is 4.96. The van der Waals surface area contributed by atoms with Crippen molar-refractivity contribution in [3.63, 3.8) is 0 Å². The Bertz CT molecular complexity index is 813. The van der Waals surface area contributed by atoms with Crippen molar-refractivity contribution in [1.29, 1.82) is 0 Å². The largest absolute Gasteiger partial charge is 0.497 e. The molecule has 2 heterocycles. The van der Waals surface area contributed by atoms with E-state index < -0.39 is 0 Å². The van der Waals surface area contributed by atoms with Crippen LogP contribution in [0.4, 0.5) is 11.4 Å². The number of pyridine rings is 1. The van der Waals surface area contributed by atoms with E-state index in [0.717, 1.165) is 12.2 Å². The number of nitrogens with one attached hydrogen (secondary N) is 2. The number of carbonyl (C=O) groups excluding carboxylic acids is 2. The number of rotatable bonds is 6. The molecule has 1 saturated heterocycles. The lowest BCUT2D eigenvalue weighted by molar-refractivity contribution is -0.122. The topological polar surface area (TPSA) is 83.6 Å². The molecule has 3 rings (SSSR count). The number of ether oxygens (including phenoxy) is 1. The minimum Gasteiger partial charge on any atom is -0.497 e. The van der Waals surface area contributed by atoms with E-state index in [1.807, 2.05) is 4.90 Å². The van der Waals surface area contributed by atoms with Gasteiger partial charge >= 0.3 is 0 Å². The number of hydrogen-bond donors (Lipinski definition) is 2. The van der Waals surface area contributed by atoms with Gasteiger partial charge in [0.25, 0.3) is 0 Å². The summed E-state index contributed by atoms with van der Waals surface area (Å²) in [5.74, 6) is 0.375. The molecule has 1 fully saturated rings. The first-order valence-electron chi connectivity index (χ1n) is 8.66. The average Bonchev–Trinajstić information content (AvgIpc) is 3.12. The molecule has 0 saturated carbocycles. The monoisotopic (exact) mass is 388 g/mol. The second-order valence-electron chi connectivity index (χ2n) is 6.24. The maximum Gasteiger partial charge on any atom is 0.241 e. The van der Waals surface area contributed by atoms with E-state index in [4.69, 9.17) is 16.3 Å². The van der Waals surface area contributed by atoms with Gasteiger partial charge in [0, 0.05) is 11.9 Å². The lowest BCUT2D eigenvalue weighted by Crippen LogP contribution is -2.43. The highest BCUT2D eigenvalue weighted by Gasteiger charge is 2.32. The summed E-state index contributed by atoms with van der Waals surface area (Å²) in [5, 5.41) is 5.87. The summed E-state index contributed by atoms with van der Waals surface area (Å²) < 4.78 is 5.11. The van der Waals surface area contributed by atoms with Gasteiger partial charge in [-0.1, -0.05) is 11.6 Å². The molecule has 1 atom stereocenters. The fourth-order valence-electron chi connectivity index (χ4n) is 3.07. The molecule has 0 aliphatic carbocycles. The number of halogens is 1. The normalized spacial score (nSPS) is 16.7. The first-order valence-corrected chi connectivity index (χ1v) is 9.04. The van der Waals surface area contributed by atoms with E-state index in [2.05, 4.69) is 15.6 Å². The van der Waals surface area contributed by atoms with Crippen molar-refractivity contribution >= 4 is 34.8 Å². The molecule has 2 amide bonds. The number of carbonyl (C=O) groups is 2. The lowest BCUT2D eigenvalue weighted by atomic mass is 10.2. The highest BCUT2D eigenvalue weighted by atomic mass is 35.5. The van der Waals surface area contributed by atoms with Crippen molar-refractivity contribution in [3.05, 3.63) is 47.7 Å². The predicted octanol–water partition coefficient (Wildman–Crippen LogP) is 2.79. The van der Waals surface area contributed by atoms with Gasteiger partial charge in [0.1, 0.15) is 5.75 Å². The average molecular weight is 389 g/mol. The smallest absolute Gasteiger partial charge is 0.241 e. The Balaban J connectivity index is 1.58. The van der Waals surface area contributed by atoms with Crippen molar-refractivity contribution in [1.82, 2.24) is 9.88 Å². The Kier molecular flexibility index (Phi) is 6.26. The molecule has 0 radical (unpaired) electrons. The Morgan fingerprint density at radius 1 is 1.26 bits per heavy atom. The Morgan fingerprint density at radius 3 is 2.74 bits per heavy atom. The predicted molar refractivity (Wildman–Crippen MR) is 104 cm³/mol. The van der Waals surface area contributed by atoms with Crippen molar-refractivity contribution in [2.24, 2.45) is 0 Å². The third-order valence-corrected chi connectivity index (χ3v) is 4.70. The Hall–Kier alpha value is -2.64. The maximum atomic E-state index is 12.6. The lowest BCUT2D eigenvalue weighted by Gasteiger charge is -2.23. The molecule has 1 aromatic carbocycles. The number of aromatic nitrogens is 1. The zero-order chi connectivity index (χ0) is 19.2. The molecule has 0 spiro atoms. The second kappa shape index (κ2) is 8.83. The van der Waals surface area contributed by atoms with Gasteiger partial charge < -0.3 is 15.4 Å². The summed E-state index contributed by atoms with van der Waals surface area (Å²) in [6.45, 7) is 0.806. The van der Waals surface area contributed by atoms with Crippen LogP contribution in [-0.4, -0.2) is 47.9 Å². The van der Waals surface area contributed by atoms with E-state index in [9.17, 15) is 9.59 Å². The summed E-state index contributed by atoms with van der Waals surface area (Å²) in [7, 11) is 1.59. The molecule has 2 N–H and O–H groups in total. The van der Waals surface area contributed by atoms with Crippen LogP contribution in [0.3, 0.4) is 0 Å². The molecule has 2 aromatic rings. The van der Waals surface area contributed by atoms with Crippen LogP contribution < -0.4 is 15.4 Å². The fourth-order valence-corrected chi connectivity index (χ4v) is 3.23. The van der Waals surface area contributed by atoms with Crippen LogP contribution in [0.1, 0.15) is 12.8 Å². The summed E-state index contributed by atoms with van der Waals surface area (Å²) >= 11 is 5.96. The van der Waals surface area contributed by atoms with Gasteiger partial charge in [-0.15, -0.1) is 0 Å². The molecule has 7 nitrogen and oxygen atoms in total. The molecular weight excluding hydrogens is 368 g/mol. The maximum absolute atomic E-state index is 12.6. The molecule has 1 unspecified atom stereocenters. The SMILES string of the molecule is COc1ccc(NC(=O)C2CCCN2CC(=O)Nc2cccnc2Cl)cc1. The number of amides is 2. The number of methoxy groups -OCH3 is 1. The highest BCUT2D eigenvalue weighted by Crippen LogP contribution is 2.21.